The molecule has 0 saturated heterocycles. The lowest BCUT2D eigenvalue weighted by atomic mass is 10.0. The number of aliphatic hydroxyl groups is 1. The van der Waals surface area contributed by atoms with E-state index in [4.69, 9.17) is 5.73 Å². The lowest BCUT2D eigenvalue weighted by Crippen LogP contribution is -2.36. The van der Waals surface area contributed by atoms with E-state index in [1.165, 1.54) is 12.2 Å². The van der Waals surface area contributed by atoms with Crippen molar-refractivity contribution in [3.63, 3.8) is 0 Å². The largest absolute Gasteiger partial charge is 0.389 e. The van der Waals surface area contributed by atoms with Crippen molar-refractivity contribution in [1.82, 2.24) is 0 Å². The molecule has 0 heterocycles. The van der Waals surface area contributed by atoms with Crippen molar-refractivity contribution in [2.75, 3.05) is 12.3 Å². The van der Waals surface area contributed by atoms with Gasteiger partial charge in [-0.1, -0.05) is 27.2 Å². The monoisotopic (exact) mass is 219 g/mol. The van der Waals surface area contributed by atoms with Crippen LogP contribution in [0.1, 0.15) is 40.5 Å². The van der Waals surface area contributed by atoms with Crippen molar-refractivity contribution in [2.24, 2.45) is 11.7 Å². The molecule has 2 nitrogen and oxygen atoms in total. The minimum atomic E-state index is -0.693. The van der Waals surface area contributed by atoms with Crippen LogP contribution in [0.25, 0.3) is 0 Å². The summed E-state index contributed by atoms with van der Waals surface area (Å²) in [6.07, 6.45) is 2.01. The zero-order valence-electron chi connectivity index (χ0n) is 9.92. The second-order valence-corrected chi connectivity index (χ2v) is 6.03. The quantitative estimate of drug-likeness (QED) is 0.690. The molecular weight excluding hydrogens is 194 g/mol. The molecule has 14 heavy (non-hydrogen) atoms. The number of rotatable bonds is 7. The van der Waals surface area contributed by atoms with Gasteiger partial charge in [-0.25, -0.2) is 0 Å². The molecule has 0 aromatic rings. The zero-order chi connectivity index (χ0) is 11.2. The number of hydrogen-bond acceptors (Lipinski definition) is 3. The van der Waals surface area contributed by atoms with E-state index in [1.54, 1.807) is 0 Å². The number of thioether (sulfide) groups is 1. The van der Waals surface area contributed by atoms with E-state index in [-0.39, 0.29) is 0 Å². The van der Waals surface area contributed by atoms with Crippen LogP contribution in [-0.4, -0.2) is 28.3 Å². The van der Waals surface area contributed by atoms with Gasteiger partial charge in [-0.05, 0) is 25.0 Å². The number of nitrogens with two attached hydrogens (primary N) is 1. The Balaban J connectivity index is 3.70. The molecule has 0 bridgehead atoms. The van der Waals surface area contributed by atoms with Crippen molar-refractivity contribution in [1.29, 1.82) is 0 Å². The third-order valence-corrected chi connectivity index (χ3v) is 4.03. The molecule has 3 heteroatoms. The molecule has 3 atom stereocenters. The third-order valence-electron chi connectivity index (χ3n) is 2.53. The summed E-state index contributed by atoms with van der Waals surface area (Å²) in [4.78, 5) is 0. The molecule has 0 saturated carbocycles. The molecule has 0 aliphatic rings. The van der Waals surface area contributed by atoms with Crippen molar-refractivity contribution >= 4 is 11.8 Å². The fourth-order valence-corrected chi connectivity index (χ4v) is 2.58. The van der Waals surface area contributed by atoms with E-state index in [1.807, 2.05) is 18.7 Å². The first-order valence-electron chi connectivity index (χ1n) is 5.45. The maximum absolute atomic E-state index is 9.78. The maximum atomic E-state index is 9.78. The second-order valence-electron chi connectivity index (χ2n) is 4.56. The molecule has 0 aliphatic carbocycles. The van der Waals surface area contributed by atoms with Crippen LogP contribution in [0.5, 0.6) is 0 Å². The maximum Gasteiger partial charge on any atom is 0.0751 e. The molecule has 0 fully saturated rings. The Morgan fingerprint density at radius 2 is 2.00 bits per heavy atom. The molecule has 3 unspecified atom stereocenters. The molecule has 86 valence electrons. The van der Waals surface area contributed by atoms with E-state index in [0.29, 0.717) is 11.8 Å². The molecule has 0 radical (unpaired) electrons. The zero-order valence-corrected chi connectivity index (χ0v) is 10.7. The summed E-state index contributed by atoms with van der Waals surface area (Å²) in [5.74, 6) is 1.95. The van der Waals surface area contributed by atoms with Crippen LogP contribution in [0, 0.1) is 5.92 Å². The van der Waals surface area contributed by atoms with Gasteiger partial charge in [0.05, 0.1) is 5.60 Å². The summed E-state index contributed by atoms with van der Waals surface area (Å²) >= 11 is 1.94. The van der Waals surface area contributed by atoms with Crippen LogP contribution in [0.15, 0.2) is 0 Å². The van der Waals surface area contributed by atoms with Crippen LogP contribution >= 0.6 is 11.8 Å². The highest BCUT2D eigenvalue weighted by molar-refractivity contribution is 7.99. The van der Waals surface area contributed by atoms with E-state index < -0.39 is 5.60 Å². The summed E-state index contributed by atoms with van der Waals surface area (Å²) in [7, 11) is 0. The first kappa shape index (κ1) is 14.3. The van der Waals surface area contributed by atoms with Crippen LogP contribution in [0.4, 0.5) is 0 Å². The van der Waals surface area contributed by atoms with Gasteiger partial charge in [-0.15, -0.1) is 0 Å². The average Bonchev–Trinajstić information content (AvgIpc) is 2.13. The highest BCUT2D eigenvalue weighted by Crippen LogP contribution is 2.23. The van der Waals surface area contributed by atoms with Gasteiger partial charge >= 0.3 is 0 Å². The van der Waals surface area contributed by atoms with Crippen LogP contribution in [0.2, 0.25) is 0 Å². The second kappa shape index (κ2) is 6.70. The van der Waals surface area contributed by atoms with E-state index >= 15 is 0 Å². The highest BCUT2D eigenvalue weighted by Gasteiger charge is 2.21. The van der Waals surface area contributed by atoms with Crippen LogP contribution in [-0.2, 0) is 0 Å². The average molecular weight is 219 g/mol. The Bertz CT molecular complexity index is 150. The van der Waals surface area contributed by atoms with Gasteiger partial charge in [0, 0.05) is 11.8 Å². The molecule has 3 N–H and O–H groups in total. The van der Waals surface area contributed by atoms with Crippen molar-refractivity contribution in [3.8, 4) is 0 Å². The highest BCUT2D eigenvalue weighted by atomic mass is 32.2. The fraction of sp³-hybridized carbons (Fsp3) is 1.00. The number of hydrogen-bond donors (Lipinski definition) is 2. The van der Waals surface area contributed by atoms with Gasteiger partial charge < -0.3 is 10.8 Å². The Morgan fingerprint density at radius 1 is 1.43 bits per heavy atom. The van der Waals surface area contributed by atoms with Gasteiger partial charge in [0.25, 0.3) is 0 Å². The van der Waals surface area contributed by atoms with Crippen molar-refractivity contribution < 1.29 is 5.11 Å². The summed E-state index contributed by atoms with van der Waals surface area (Å²) in [5.41, 5.74) is 4.78. The van der Waals surface area contributed by atoms with Gasteiger partial charge in [0.1, 0.15) is 0 Å². The van der Waals surface area contributed by atoms with Gasteiger partial charge in [0.2, 0.25) is 0 Å². The van der Waals surface area contributed by atoms with Gasteiger partial charge in [0.15, 0.2) is 0 Å². The Hall–Kier alpha value is 0.270. The SMILES string of the molecule is CCC(C)CSC(C)CC(C)(O)CN. The molecule has 0 aromatic carbocycles. The minimum absolute atomic E-state index is 0.348. The molecule has 0 rings (SSSR count). The first-order valence-corrected chi connectivity index (χ1v) is 6.50. The minimum Gasteiger partial charge on any atom is -0.389 e. The normalized spacial score (nSPS) is 20.1. The lowest BCUT2D eigenvalue weighted by molar-refractivity contribution is 0.0608. The summed E-state index contributed by atoms with van der Waals surface area (Å²) in [5, 5.41) is 10.3. The standard InChI is InChI=1S/C11H25NOS/c1-5-9(2)7-14-10(3)6-11(4,13)8-12/h9-10,13H,5-8,12H2,1-4H3. The third kappa shape index (κ3) is 6.68. The van der Waals surface area contributed by atoms with Crippen LogP contribution < -0.4 is 5.73 Å². The molecule has 0 aliphatic heterocycles. The lowest BCUT2D eigenvalue weighted by Gasteiger charge is -2.25. The molecular formula is C11H25NOS. The fourth-order valence-electron chi connectivity index (χ4n) is 1.21. The molecule has 0 spiro atoms. The van der Waals surface area contributed by atoms with E-state index in [9.17, 15) is 5.11 Å². The smallest absolute Gasteiger partial charge is 0.0751 e. The summed E-state index contributed by atoms with van der Waals surface area (Å²) < 4.78 is 0. The predicted octanol–water partition coefficient (Wildman–Crippen LogP) is 2.25. The Labute approximate surface area is 92.6 Å². The van der Waals surface area contributed by atoms with Crippen LogP contribution in [0.3, 0.4) is 0 Å². The Morgan fingerprint density at radius 3 is 2.43 bits per heavy atom. The predicted molar refractivity (Wildman–Crippen MR) is 65.7 cm³/mol. The summed E-state index contributed by atoms with van der Waals surface area (Å²) in [6.45, 7) is 8.80. The Kier molecular flexibility index (Phi) is 6.83. The first-order chi connectivity index (χ1) is 6.41. The summed E-state index contributed by atoms with van der Waals surface area (Å²) in [6, 6.07) is 0. The van der Waals surface area contributed by atoms with Gasteiger partial charge in [-0.2, -0.15) is 11.8 Å². The molecule has 0 aromatic heterocycles. The van der Waals surface area contributed by atoms with E-state index in [2.05, 4.69) is 20.8 Å². The topological polar surface area (TPSA) is 46.2 Å². The van der Waals surface area contributed by atoms with Crippen molar-refractivity contribution in [3.05, 3.63) is 0 Å². The van der Waals surface area contributed by atoms with E-state index in [0.717, 1.165) is 12.3 Å². The van der Waals surface area contributed by atoms with Crippen molar-refractivity contribution in [2.45, 2.75) is 51.4 Å². The molecule has 0 amide bonds. The van der Waals surface area contributed by atoms with Gasteiger partial charge in [-0.3, -0.25) is 0 Å².